The number of rotatable bonds is 4. The summed E-state index contributed by atoms with van der Waals surface area (Å²) in [5.74, 6) is 6.06. The lowest BCUT2D eigenvalue weighted by atomic mass is 10.1. The second-order valence-electron chi connectivity index (χ2n) is 5.85. The molecule has 5 N–H and O–H groups in total. The van der Waals surface area contributed by atoms with Crippen LogP contribution in [0, 0.1) is 11.8 Å². The molecule has 1 saturated heterocycles. The second kappa shape index (κ2) is 8.96. The zero-order valence-electron chi connectivity index (χ0n) is 14.0. The number of anilines is 1. The summed E-state index contributed by atoms with van der Waals surface area (Å²) < 4.78 is 0. The van der Waals surface area contributed by atoms with Crippen molar-refractivity contribution < 1.29 is 4.79 Å². The van der Waals surface area contributed by atoms with Gasteiger partial charge in [0.1, 0.15) is 0 Å². The van der Waals surface area contributed by atoms with Crippen LogP contribution in [-0.2, 0) is 6.54 Å². The summed E-state index contributed by atoms with van der Waals surface area (Å²) in [5.41, 5.74) is 6.64. The largest absolute Gasteiger partial charge is 0.351 e. The summed E-state index contributed by atoms with van der Waals surface area (Å²) >= 11 is 7.19. The molecular weight excluding hydrogens is 372 g/mol. The molecule has 7 nitrogen and oxygen atoms in total. The number of thiophene rings is 1. The molecule has 0 radical (unpaired) electrons. The van der Waals surface area contributed by atoms with Crippen molar-refractivity contribution in [1.29, 1.82) is 0 Å². The van der Waals surface area contributed by atoms with Crippen LogP contribution in [0.15, 0.2) is 18.5 Å². The van der Waals surface area contributed by atoms with Crippen LogP contribution in [0.2, 0.25) is 5.28 Å². The van der Waals surface area contributed by atoms with Crippen molar-refractivity contribution >= 4 is 34.7 Å². The van der Waals surface area contributed by atoms with Crippen LogP contribution in [-0.4, -0.2) is 35.1 Å². The molecule has 0 aliphatic carbocycles. The lowest BCUT2D eigenvalue weighted by molar-refractivity contribution is 0.259. The van der Waals surface area contributed by atoms with Gasteiger partial charge in [-0.1, -0.05) is 11.8 Å². The van der Waals surface area contributed by atoms with E-state index in [1.807, 2.05) is 6.07 Å². The van der Waals surface area contributed by atoms with Gasteiger partial charge in [0.25, 0.3) is 0 Å². The third-order valence-corrected chi connectivity index (χ3v) is 5.11. The van der Waals surface area contributed by atoms with Crippen molar-refractivity contribution in [1.82, 2.24) is 20.6 Å². The fraction of sp³-hybridized carbons (Fsp3) is 0.353. The van der Waals surface area contributed by atoms with E-state index in [4.69, 9.17) is 17.3 Å². The fourth-order valence-corrected chi connectivity index (χ4v) is 3.65. The normalized spacial score (nSPS) is 16.6. The first-order valence-corrected chi connectivity index (χ1v) is 9.42. The molecule has 1 aliphatic heterocycles. The van der Waals surface area contributed by atoms with Gasteiger partial charge >= 0.3 is 6.03 Å². The molecule has 0 spiro atoms. The Morgan fingerprint density at radius 1 is 1.42 bits per heavy atom. The summed E-state index contributed by atoms with van der Waals surface area (Å²) in [6.45, 7) is 2.67. The summed E-state index contributed by atoms with van der Waals surface area (Å²) in [5, 5.41) is 9.75. The highest BCUT2D eigenvalue weighted by atomic mass is 35.5. The average molecular weight is 391 g/mol. The number of carbonyl (C=O) groups excluding carboxylic acids is 1. The maximum Gasteiger partial charge on any atom is 0.316 e. The topological polar surface area (TPSA) is 105 Å². The monoisotopic (exact) mass is 390 g/mol. The van der Waals surface area contributed by atoms with Crippen LogP contribution < -0.4 is 21.7 Å². The smallest absolute Gasteiger partial charge is 0.316 e. The van der Waals surface area contributed by atoms with Crippen LogP contribution in [0.25, 0.3) is 0 Å². The number of piperidine rings is 1. The van der Waals surface area contributed by atoms with Gasteiger partial charge < -0.3 is 21.7 Å². The van der Waals surface area contributed by atoms with Gasteiger partial charge in [-0.15, -0.1) is 11.3 Å². The Balaban J connectivity index is 1.73. The molecule has 2 aromatic heterocycles. The molecule has 0 bridgehead atoms. The van der Waals surface area contributed by atoms with E-state index in [1.54, 1.807) is 12.4 Å². The number of primary amides is 1. The van der Waals surface area contributed by atoms with Crippen molar-refractivity contribution in [3.63, 3.8) is 0 Å². The molecule has 3 heterocycles. The van der Waals surface area contributed by atoms with Gasteiger partial charge in [-0.3, -0.25) is 0 Å². The number of hydrogen-bond acceptors (Lipinski definition) is 6. The van der Waals surface area contributed by atoms with Gasteiger partial charge in [-0.05, 0) is 37.1 Å². The van der Waals surface area contributed by atoms with Gasteiger partial charge in [-0.25, -0.2) is 14.8 Å². The average Bonchev–Trinajstić information content (AvgIpc) is 3.01. The maximum atomic E-state index is 11.3. The Labute approximate surface area is 160 Å². The van der Waals surface area contributed by atoms with Crippen LogP contribution in [0.5, 0.6) is 0 Å². The number of aromatic nitrogens is 2. The molecule has 0 aromatic carbocycles. The van der Waals surface area contributed by atoms with Crippen molar-refractivity contribution in [3.05, 3.63) is 39.1 Å². The number of amides is 2. The van der Waals surface area contributed by atoms with E-state index in [1.165, 1.54) is 11.3 Å². The number of hydrogen-bond donors (Lipinski definition) is 4. The molecule has 3 rings (SSSR count). The molecule has 2 aromatic rings. The Morgan fingerprint density at radius 3 is 2.92 bits per heavy atom. The molecule has 0 saturated carbocycles. The molecule has 9 heteroatoms. The molecule has 26 heavy (non-hydrogen) atoms. The summed E-state index contributed by atoms with van der Waals surface area (Å²) in [6.07, 6.45) is 5.43. The van der Waals surface area contributed by atoms with E-state index in [0.29, 0.717) is 23.8 Å². The highest BCUT2D eigenvalue weighted by Gasteiger charge is 2.15. The Bertz CT molecular complexity index is 820. The first kappa shape index (κ1) is 18.6. The highest BCUT2D eigenvalue weighted by Crippen LogP contribution is 2.27. The SMILES string of the molecule is NC(=O)Nc1cc(C#Cc2cnc(Cl)nc2)sc1CN[C@H]1CCCNC1. The number of urea groups is 1. The Morgan fingerprint density at radius 2 is 2.23 bits per heavy atom. The molecule has 1 fully saturated rings. The van der Waals surface area contributed by atoms with Crippen molar-refractivity contribution in [2.24, 2.45) is 5.73 Å². The van der Waals surface area contributed by atoms with E-state index in [0.717, 1.165) is 35.7 Å². The third-order valence-electron chi connectivity index (χ3n) is 3.87. The van der Waals surface area contributed by atoms with Crippen LogP contribution in [0.1, 0.15) is 28.2 Å². The van der Waals surface area contributed by atoms with Crippen LogP contribution in [0.4, 0.5) is 10.5 Å². The fourth-order valence-electron chi connectivity index (χ4n) is 2.63. The van der Waals surface area contributed by atoms with E-state index >= 15 is 0 Å². The van der Waals surface area contributed by atoms with E-state index in [-0.39, 0.29) is 5.28 Å². The minimum Gasteiger partial charge on any atom is -0.351 e. The first-order chi connectivity index (χ1) is 12.6. The standard InChI is InChI=1S/C17H19ClN6OS/c18-16-22-7-11(8-23-16)3-4-13-6-14(24-17(19)25)15(26-13)10-21-12-2-1-5-20-9-12/h6-8,12,20-21H,1-2,5,9-10H2,(H3,19,24,25)/t12-/m0/s1. The number of nitrogens with zero attached hydrogens (tertiary/aromatic N) is 2. The van der Waals surface area contributed by atoms with Gasteiger partial charge in [0.2, 0.25) is 5.28 Å². The molecule has 136 valence electrons. The quantitative estimate of drug-likeness (QED) is 0.471. The van der Waals surface area contributed by atoms with Gasteiger partial charge in [0.05, 0.1) is 16.1 Å². The van der Waals surface area contributed by atoms with Crippen molar-refractivity contribution in [3.8, 4) is 11.8 Å². The summed E-state index contributed by atoms with van der Waals surface area (Å²) in [4.78, 5) is 20.9. The third kappa shape index (κ3) is 5.41. The van der Waals surface area contributed by atoms with Crippen LogP contribution in [0.3, 0.4) is 0 Å². The number of nitrogens with two attached hydrogens (primary N) is 1. The lowest BCUT2D eigenvalue weighted by Gasteiger charge is -2.23. The minimum atomic E-state index is -0.589. The summed E-state index contributed by atoms with van der Waals surface area (Å²) in [7, 11) is 0. The van der Waals surface area contributed by atoms with E-state index in [2.05, 4.69) is 37.8 Å². The zero-order valence-corrected chi connectivity index (χ0v) is 15.6. The predicted octanol–water partition coefficient (Wildman–Crippen LogP) is 1.92. The molecule has 1 atom stereocenters. The molecule has 2 amide bonds. The predicted molar refractivity (Wildman–Crippen MR) is 103 cm³/mol. The minimum absolute atomic E-state index is 0.185. The highest BCUT2D eigenvalue weighted by molar-refractivity contribution is 7.13. The zero-order chi connectivity index (χ0) is 18.4. The van der Waals surface area contributed by atoms with Crippen LogP contribution >= 0.6 is 22.9 Å². The Kier molecular flexibility index (Phi) is 6.41. The van der Waals surface area contributed by atoms with Gasteiger partial charge in [-0.2, -0.15) is 0 Å². The van der Waals surface area contributed by atoms with Gasteiger partial charge in [0.15, 0.2) is 0 Å². The maximum absolute atomic E-state index is 11.3. The number of nitrogens with one attached hydrogen (secondary N) is 3. The molecule has 0 unspecified atom stereocenters. The first-order valence-electron chi connectivity index (χ1n) is 8.23. The molecule has 1 aliphatic rings. The second-order valence-corrected chi connectivity index (χ2v) is 7.33. The Hall–Kier alpha value is -2.18. The van der Waals surface area contributed by atoms with E-state index < -0.39 is 6.03 Å². The number of halogens is 1. The molecular formula is C17H19ClN6OS. The summed E-state index contributed by atoms with van der Waals surface area (Å²) in [6, 6.07) is 1.66. The van der Waals surface area contributed by atoms with Gasteiger partial charge in [0, 0.05) is 36.4 Å². The van der Waals surface area contributed by atoms with Crippen molar-refractivity contribution in [2.45, 2.75) is 25.4 Å². The van der Waals surface area contributed by atoms with Crippen molar-refractivity contribution in [2.75, 3.05) is 18.4 Å². The number of carbonyl (C=O) groups is 1. The van der Waals surface area contributed by atoms with E-state index in [9.17, 15) is 4.79 Å². The lowest BCUT2D eigenvalue weighted by Crippen LogP contribution is -2.42.